The SMILES string of the molecule is N=C(N)NCCC[C@H](C(N)=O)N(Cc1ccc(CNC(N)=O)cc1)C(=O)Cc1c(Cl)cccc1Cl.O=C(O)C(F)(F)F. The summed E-state index contributed by atoms with van der Waals surface area (Å²) in [7, 11) is 0. The normalized spacial score (nSPS) is 11.4. The topological polar surface area (TPSA) is 218 Å². The third-order valence-electron chi connectivity index (χ3n) is 5.47. The molecular formula is C25H30Cl2F3N7O5. The molecule has 12 nitrogen and oxygen atoms in total. The molecule has 0 aromatic heterocycles. The summed E-state index contributed by atoms with van der Waals surface area (Å²) < 4.78 is 31.7. The Balaban J connectivity index is 0.00000112. The highest BCUT2D eigenvalue weighted by Crippen LogP contribution is 2.26. The first-order chi connectivity index (χ1) is 19.5. The summed E-state index contributed by atoms with van der Waals surface area (Å²) in [4.78, 5) is 47.0. The van der Waals surface area contributed by atoms with E-state index in [9.17, 15) is 27.6 Å². The number of carbonyl (C=O) groups is 4. The average Bonchev–Trinajstić information content (AvgIpc) is 2.88. The van der Waals surface area contributed by atoms with Crippen molar-refractivity contribution in [1.82, 2.24) is 15.5 Å². The van der Waals surface area contributed by atoms with Crippen LogP contribution in [0.4, 0.5) is 18.0 Å². The van der Waals surface area contributed by atoms with E-state index >= 15 is 0 Å². The van der Waals surface area contributed by atoms with Gasteiger partial charge in [0, 0.05) is 29.7 Å². The zero-order chi connectivity index (χ0) is 32.0. The van der Waals surface area contributed by atoms with Crippen molar-refractivity contribution in [2.45, 2.75) is 44.6 Å². The fraction of sp³-hybridized carbons (Fsp3) is 0.320. The molecule has 0 fully saturated rings. The third kappa shape index (κ3) is 13.0. The minimum Gasteiger partial charge on any atom is -0.475 e. The summed E-state index contributed by atoms with van der Waals surface area (Å²) in [6, 6.07) is 10.6. The number of carbonyl (C=O) groups excluding carboxylic acids is 3. The number of alkyl halides is 3. The highest BCUT2D eigenvalue weighted by atomic mass is 35.5. The molecule has 10 N–H and O–H groups in total. The average molecular weight is 636 g/mol. The molecule has 0 radical (unpaired) electrons. The van der Waals surface area contributed by atoms with Crippen molar-refractivity contribution in [3.8, 4) is 0 Å². The van der Waals surface area contributed by atoms with Crippen molar-refractivity contribution in [1.29, 1.82) is 5.41 Å². The minimum atomic E-state index is -5.08. The number of hydrogen-bond donors (Lipinski definition) is 7. The third-order valence-corrected chi connectivity index (χ3v) is 6.18. The molecule has 2 aromatic rings. The first-order valence-electron chi connectivity index (χ1n) is 12.0. The number of aliphatic carboxylic acids is 1. The Morgan fingerprint density at radius 1 is 0.952 bits per heavy atom. The lowest BCUT2D eigenvalue weighted by atomic mass is 10.0. The summed E-state index contributed by atoms with van der Waals surface area (Å²) in [5, 5.41) is 20.2. The van der Waals surface area contributed by atoms with E-state index in [0.29, 0.717) is 28.6 Å². The van der Waals surface area contributed by atoms with Crippen LogP contribution in [0.25, 0.3) is 0 Å². The van der Waals surface area contributed by atoms with E-state index in [2.05, 4.69) is 10.6 Å². The van der Waals surface area contributed by atoms with E-state index < -0.39 is 30.1 Å². The Morgan fingerprint density at radius 2 is 1.48 bits per heavy atom. The van der Waals surface area contributed by atoms with Crippen LogP contribution >= 0.6 is 23.2 Å². The van der Waals surface area contributed by atoms with Crippen LogP contribution < -0.4 is 27.8 Å². The van der Waals surface area contributed by atoms with E-state index in [1.807, 2.05) is 0 Å². The van der Waals surface area contributed by atoms with Gasteiger partial charge in [-0.25, -0.2) is 9.59 Å². The number of primary amides is 2. The number of nitrogens with zero attached hydrogens (tertiary/aromatic N) is 1. The maximum absolute atomic E-state index is 13.4. The lowest BCUT2D eigenvalue weighted by Gasteiger charge is -2.30. The van der Waals surface area contributed by atoms with Gasteiger partial charge in [0.1, 0.15) is 6.04 Å². The van der Waals surface area contributed by atoms with E-state index in [-0.39, 0.29) is 37.8 Å². The van der Waals surface area contributed by atoms with Gasteiger partial charge in [0.2, 0.25) is 11.8 Å². The van der Waals surface area contributed by atoms with Gasteiger partial charge < -0.3 is 37.8 Å². The Labute approximate surface area is 248 Å². The summed E-state index contributed by atoms with van der Waals surface area (Å²) in [5.74, 6) is -3.98. The largest absolute Gasteiger partial charge is 0.490 e. The molecule has 0 spiro atoms. The van der Waals surface area contributed by atoms with Crippen LogP contribution in [0.2, 0.25) is 10.0 Å². The molecular weight excluding hydrogens is 606 g/mol. The first kappa shape index (κ1) is 35.8. The lowest BCUT2D eigenvalue weighted by molar-refractivity contribution is -0.192. The number of nitrogens with one attached hydrogen (secondary N) is 3. The van der Waals surface area contributed by atoms with Gasteiger partial charge in [-0.05, 0) is 41.7 Å². The first-order valence-corrected chi connectivity index (χ1v) is 12.8. The van der Waals surface area contributed by atoms with E-state index in [0.717, 1.165) is 11.1 Å². The van der Waals surface area contributed by atoms with Crippen molar-refractivity contribution in [3.63, 3.8) is 0 Å². The van der Waals surface area contributed by atoms with Crippen molar-refractivity contribution in [2.24, 2.45) is 17.2 Å². The van der Waals surface area contributed by atoms with Gasteiger partial charge in [-0.3, -0.25) is 15.0 Å². The molecule has 0 aliphatic rings. The molecule has 4 amide bonds. The quantitative estimate of drug-likeness (QED) is 0.105. The number of nitrogens with two attached hydrogens (primary N) is 3. The van der Waals surface area contributed by atoms with Crippen LogP contribution in [-0.4, -0.2) is 58.5 Å². The molecule has 0 aliphatic carbocycles. The molecule has 0 saturated heterocycles. The maximum atomic E-state index is 13.4. The smallest absolute Gasteiger partial charge is 0.475 e. The Kier molecular flexibility index (Phi) is 14.4. The van der Waals surface area contributed by atoms with Crippen molar-refractivity contribution >= 4 is 53.0 Å². The minimum absolute atomic E-state index is 0.109. The van der Waals surface area contributed by atoms with Gasteiger partial charge in [0.05, 0.1) is 6.42 Å². The van der Waals surface area contributed by atoms with Crippen LogP contribution in [0, 0.1) is 5.41 Å². The second kappa shape index (κ2) is 16.9. The van der Waals surface area contributed by atoms with Crippen LogP contribution in [0.1, 0.15) is 29.5 Å². The summed E-state index contributed by atoms with van der Waals surface area (Å²) >= 11 is 12.5. The number of urea groups is 1. The lowest BCUT2D eigenvalue weighted by Crippen LogP contribution is -2.48. The maximum Gasteiger partial charge on any atom is 0.490 e. The van der Waals surface area contributed by atoms with Gasteiger partial charge in [-0.15, -0.1) is 0 Å². The second-order valence-corrected chi connectivity index (χ2v) is 9.45. The standard InChI is InChI=1S/C23H29Cl2N7O3.C2HF3O2/c24-17-3-1-4-18(25)16(17)11-20(33)32(19(21(26)34)5-2-10-30-22(27)28)13-15-8-6-14(7-9-15)12-31-23(29)35;3-2(4,5)1(6)7/h1,3-4,6-9,19H,2,5,10-13H2,(H2,26,34)(H4,27,28,30)(H3,29,31,35);(H,6,7)/t19-;/m1./s1. The summed E-state index contributed by atoms with van der Waals surface area (Å²) in [6.45, 7) is 0.716. The predicted octanol–water partition coefficient (Wildman–Crippen LogP) is 2.48. The number of benzene rings is 2. The molecule has 230 valence electrons. The molecule has 0 bridgehead atoms. The molecule has 0 aliphatic heterocycles. The van der Waals surface area contributed by atoms with Crippen LogP contribution in [0.15, 0.2) is 42.5 Å². The molecule has 2 aromatic carbocycles. The fourth-order valence-electron chi connectivity index (χ4n) is 3.44. The Bertz CT molecular complexity index is 1240. The number of amides is 4. The van der Waals surface area contributed by atoms with E-state index in [1.54, 1.807) is 42.5 Å². The van der Waals surface area contributed by atoms with E-state index in [4.69, 9.17) is 55.7 Å². The molecule has 0 heterocycles. The highest BCUT2D eigenvalue weighted by molar-refractivity contribution is 6.36. The van der Waals surface area contributed by atoms with Crippen LogP contribution in [0.5, 0.6) is 0 Å². The number of halogens is 5. The second-order valence-electron chi connectivity index (χ2n) is 8.64. The molecule has 0 saturated carbocycles. The highest BCUT2D eigenvalue weighted by Gasteiger charge is 2.38. The van der Waals surface area contributed by atoms with Crippen molar-refractivity contribution in [3.05, 3.63) is 69.2 Å². The number of hydrogen-bond acceptors (Lipinski definition) is 5. The van der Waals surface area contributed by atoms with Gasteiger partial charge >= 0.3 is 18.2 Å². The summed E-state index contributed by atoms with van der Waals surface area (Å²) in [5.41, 5.74) is 18.1. The van der Waals surface area contributed by atoms with Crippen LogP contribution in [-0.2, 0) is 33.9 Å². The fourth-order valence-corrected chi connectivity index (χ4v) is 3.98. The Hall–Kier alpha value is -4.24. The molecule has 2 rings (SSSR count). The van der Waals surface area contributed by atoms with Crippen molar-refractivity contribution in [2.75, 3.05) is 6.54 Å². The van der Waals surface area contributed by atoms with Gasteiger partial charge in [0.25, 0.3) is 0 Å². The number of carboxylic acids is 1. The molecule has 1 atom stereocenters. The zero-order valence-corrected chi connectivity index (χ0v) is 23.5. The van der Waals surface area contributed by atoms with Crippen LogP contribution in [0.3, 0.4) is 0 Å². The zero-order valence-electron chi connectivity index (χ0n) is 22.0. The number of carboxylic acid groups (broad SMARTS) is 1. The number of guanidine groups is 1. The number of rotatable bonds is 12. The van der Waals surface area contributed by atoms with Gasteiger partial charge in [-0.1, -0.05) is 53.5 Å². The van der Waals surface area contributed by atoms with Crippen molar-refractivity contribution < 1.29 is 37.5 Å². The molecule has 17 heteroatoms. The molecule has 42 heavy (non-hydrogen) atoms. The Morgan fingerprint density at radius 3 is 1.93 bits per heavy atom. The summed E-state index contributed by atoms with van der Waals surface area (Å²) in [6.07, 6.45) is -4.49. The van der Waals surface area contributed by atoms with Gasteiger partial charge in [0.15, 0.2) is 5.96 Å². The molecule has 0 unspecified atom stereocenters. The van der Waals surface area contributed by atoms with E-state index in [1.165, 1.54) is 4.90 Å². The predicted molar refractivity (Wildman–Crippen MR) is 149 cm³/mol. The van der Waals surface area contributed by atoms with Gasteiger partial charge in [-0.2, -0.15) is 13.2 Å². The monoisotopic (exact) mass is 635 g/mol.